The third-order valence-corrected chi connectivity index (χ3v) is 5.60. The molecule has 0 saturated heterocycles. The fourth-order valence-corrected chi connectivity index (χ4v) is 4.37. The molecule has 0 saturated carbocycles. The molecule has 6 nitrogen and oxygen atoms in total. The molecule has 0 bridgehead atoms. The number of hydrogen-bond donors (Lipinski definition) is 1. The largest absolute Gasteiger partial charge is 0.312 e. The van der Waals surface area contributed by atoms with Crippen LogP contribution in [-0.4, -0.2) is 5.71 Å². The van der Waals surface area contributed by atoms with Gasteiger partial charge >= 0.3 is 0 Å². The van der Waals surface area contributed by atoms with E-state index < -0.39 is 0 Å². The SMILES string of the molecule is N#CN=C1c2cc(C#N)ccc2-c2cc3c(cc21)C(NC#N)c1cc(C#N)ccc1-3. The normalized spacial score (nSPS) is 15.6. The molecule has 0 aromatic heterocycles. The van der Waals surface area contributed by atoms with Crippen molar-refractivity contribution < 1.29 is 0 Å². The van der Waals surface area contributed by atoms with Gasteiger partial charge in [0.2, 0.25) is 6.19 Å². The number of benzene rings is 3. The Morgan fingerprint density at radius 1 is 0.667 bits per heavy atom. The van der Waals surface area contributed by atoms with Crippen molar-refractivity contribution in [2.45, 2.75) is 6.04 Å². The van der Waals surface area contributed by atoms with E-state index in [1.54, 1.807) is 24.3 Å². The Kier molecular flexibility index (Phi) is 3.62. The summed E-state index contributed by atoms with van der Waals surface area (Å²) in [6.45, 7) is 0. The van der Waals surface area contributed by atoms with Gasteiger partial charge in [-0.1, -0.05) is 12.1 Å². The van der Waals surface area contributed by atoms with Crippen LogP contribution in [0.4, 0.5) is 0 Å². The zero-order valence-corrected chi connectivity index (χ0v) is 15.4. The van der Waals surface area contributed by atoms with Crippen LogP contribution in [0.2, 0.25) is 0 Å². The van der Waals surface area contributed by atoms with Gasteiger partial charge in [0.1, 0.15) is 0 Å². The summed E-state index contributed by atoms with van der Waals surface area (Å²) in [6, 6.07) is 18.7. The Hall–Kier alpha value is -4.91. The van der Waals surface area contributed by atoms with Crippen LogP contribution >= 0.6 is 0 Å². The lowest BCUT2D eigenvalue weighted by Gasteiger charge is -2.12. The van der Waals surface area contributed by atoms with Gasteiger partial charge in [0.05, 0.1) is 35.0 Å². The number of hydrogen-bond acceptors (Lipinski definition) is 6. The average molecular weight is 382 g/mol. The minimum atomic E-state index is -0.389. The molecule has 0 amide bonds. The smallest absolute Gasteiger partial charge is 0.206 e. The molecule has 6 heteroatoms. The van der Waals surface area contributed by atoms with Gasteiger partial charge in [-0.05, 0) is 69.8 Å². The number of nitriles is 4. The first-order valence-electron chi connectivity index (χ1n) is 9.09. The molecule has 0 aliphatic heterocycles. The predicted octanol–water partition coefficient (Wildman–Crippen LogP) is 3.87. The van der Waals surface area contributed by atoms with Gasteiger partial charge in [-0.3, -0.25) is 0 Å². The molecule has 0 spiro atoms. The number of aliphatic imine (C=N–C) groups is 1. The number of fused-ring (bicyclic) bond motifs is 6. The first kappa shape index (κ1) is 17.2. The Morgan fingerprint density at radius 3 is 2.03 bits per heavy atom. The minimum Gasteiger partial charge on any atom is -0.312 e. The molecule has 136 valence electrons. The van der Waals surface area contributed by atoms with Crippen molar-refractivity contribution in [2.75, 3.05) is 0 Å². The van der Waals surface area contributed by atoms with E-state index in [9.17, 15) is 21.0 Å². The summed E-state index contributed by atoms with van der Waals surface area (Å²) in [4.78, 5) is 4.04. The van der Waals surface area contributed by atoms with E-state index >= 15 is 0 Å². The maximum atomic E-state index is 9.31. The molecule has 2 aliphatic carbocycles. The van der Waals surface area contributed by atoms with Crippen LogP contribution in [0, 0.1) is 45.6 Å². The second kappa shape index (κ2) is 6.32. The van der Waals surface area contributed by atoms with E-state index in [0.29, 0.717) is 16.8 Å². The third-order valence-electron chi connectivity index (χ3n) is 5.60. The van der Waals surface area contributed by atoms with Gasteiger partial charge in [-0.2, -0.15) is 26.0 Å². The molecule has 30 heavy (non-hydrogen) atoms. The average Bonchev–Trinajstić information content (AvgIpc) is 3.24. The highest BCUT2D eigenvalue weighted by molar-refractivity contribution is 6.25. The van der Waals surface area contributed by atoms with Crippen molar-refractivity contribution in [3.8, 4) is 46.8 Å². The highest BCUT2D eigenvalue weighted by atomic mass is 14.9. The number of rotatable bonds is 1. The summed E-state index contributed by atoms with van der Waals surface area (Å²) in [5.41, 5.74) is 8.60. The van der Waals surface area contributed by atoms with Crippen molar-refractivity contribution in [3.63, 3.8) is 0 Å². The molecule has 1 atom stereocenters. The Bertz CT molecular complexity index is 1470. The summed E-state index contributed by atoms with van der Waals surface area (Å²) in [5, 5.41) is 39.9. The third kappa shape index (κ3) is 2.23. The quantitative estimate of drug-likeness (QED) is 0.396. The van der Waals surface area contributed by atoms with Gasteiger partial charge in [-0.25, -0.2) is 0 Å². The Morgan fingerprint density at radius 2 is 1.33 bits per heavy atom. The van der Waals surface area contributed by atoms with Crippen LogP contribution in [0.25, 0.3) is 22.3 Å². The van der Waals surface area contributed by atoms with E-state index in [-0.39, 0.29) is 6.04 Å². The maximum Gasteiger partial charge on any atom is 0.206 e. The lowest BCUT2D eigenvalue weighted by molar-refractivity contribution is 0.759. The Labute approximate surface area is 172 Å². The monoisotopic (exact) mass is 382 g/mol. The van der Waals surface area contributed by atoms with Crippen LogP contribution < -0.4 is 5.32 Å². The molecular formula is C24H10N6. The van der Waals surface area contributed by atoms with Crippen LogP contribution in [-0.2, 0) is 0 Å². The van der Waals surface area contributed by atoms with Crippen LogP contribution in [0.1, 0.15) is 39.4 Å². The zero-order chi connectivity index (χ0) is 20.8. The second-order valence-corrected chi connectivity index (χ2v) is 7.02. The fourth-order valence-electron chi connectivity index (χ4n) is 4.37. The highest BCUT2D eigenvalue weighted by Gasteiger charge is 2.34. The van der Waals surface area contributed by atoms with Crippen LogP contribution in [0.15, 0.2) is 53.5 Å². The molecule has 0 heterocycles. The van der Waals surface area contributed by atoms with Gasteiger partial charge in [0.25, 0.3) is 0 Å². The van der Waals surface area contributed by atoms with Crippen molar-refractivity contribution in [1.82, 2.24) is 5.32 Å². The van der Waals surface area contributed by atoms with E-state index in [2.05, 4.69) is 22.4 Å². The first-order chi connectivity index (χ1) is 14.7. The van der Waals surface area contributed by atoms with Crippen molar-refractivity contribution in [2.24, 2.45) is 4.99 Å². The van der Waals surface area contributed by atoms with E-state index in [4.69, 9.17) is 0 Å². The predicted molar refractivity (Wildman–Crippen MR) is 109 cm³/mol. The van der Waals surface area contributed by atoms with Crippen LogP contribution in [0.5, 0.6) is 0 Å². The molecule has 2 aliphatic rings. The van der Waals surface area contributed by atoms with Gasteiger partial charge < -0.3 is 5.32 Å². The number of nitrogens with one attached hydrogen (secondary N) is 1. The summed E-state index contributed by atoms with van der Waals surface area (Å²) < 4.78 is 0. The highest BCUT2D eigenvalue weighted by Crippen LogP contribution is 2.49. The van der Waals surface area contributed by atoms with E-state index in [1.807, 2.05) is 36.7 Å². The summed E-state index contributed by atoms with van der Waals surface area (Å²) in [7, 11) is 0. The summed E-state index contributed by atoms with van der Waals surface area (Å²) in [6.07, 6.45) is 3.88. The van der Waals surface area contributed by atoms with Crippen molar-refractivity contribution >= 4 is 5.71 Å². The van der Waals surface area contributed by atoms with Crippen molar-refractivity contribution in [3.05, 3.63) is 81.9 Å². The Balaban J connectivity index is 1.80. The molecule has 0 fully saturated rings. The number of nitrogens with zero attached hydrogens (tertiary/aromatic N) is 5. The van der Waals surface area contributed by atoms with Gasteiger partial charge in [0.15, 0.2) is 6.19 Å². The zero-order valence-electron chi connectivity index (χ0n) is 15.4. The summed E-state index contributed by atoms with van der Waals surface area (Å²) >= 11 is 0. The van der Waals surface area contributed by atoms with Gasteiger partial charge in [-0.15, -0.1) is 0 Å². The molecular weight excluding hydrogens is 372 g/mol. The second-order valence-electron chi connectivity index (χ2n) is 7.02. The topological polar surface area (TPSA) is 120 Å². The molecule has 1 unspecified atom stereocenters. The maximum absolute atomic E-state index is 9.31. The minimum absolute atomic E-state index is 0.389. The molecule has 3 aromatic carbocycles. The van der Waals surface area contributed by atoms with Crippen molar-refractivity contribution in [1.29, 1.82) is 21.0 Å². The van der Waals surface area contributed by atoms with Gasteiger partial charge in [0, 0.05) is 11.1 Å². The first-order valence-corrected chi connectivity index (χ1v) is 9.09. The van der Waals surface area contributed by atoms with Crippen LogP contribution in [0.3, 0.4) is 0 Å². The standard InChI is InChI=1S/C24H10N6/c25-9-13-1-3-15-17-7-18-16-4-2-14(10-26)6-20(16)24(30-12-28)22(18)8-21(17)23(29-11-27)19(15)5-13/h1-8,23,29H. The molecule has 0 radical (unpaired) electrons. The lowest BCUT2D eigenvalue weighted by Crippen LogP contribution is -2.15. The molecule has 1 N–H and O–H groups in total. The molecule has 3 aromatic rings. The summed E-state index contributed by atoms with van der Waals surface area (Å²) in [5.74, 6) is 0. The van der Waals surface area contributed by atoms with E-state index in [0.717, 1.165) is 44.5 Å². The lowest BCUT2D eigenvalue weighted by atomic mass is 9.96. The fraction of sp³-hybridized carbons (Fsp3) is 0.0417. The molecule has 5 rings (SSSR count). The van der Waals surface area contributed by atoms with E-state index in [1.165, 1.54) is 0 Å².